The maximum Gasteiger partial charge on any atom is 0.232 e. The fourth-order valence-electron chi connectivity index (χ4n) is 2.52. The Balaban J connectivity index is 1.65. The van der Waals surface area contributed by atoms with Crippen LogP contribution in [-0.2, 0) is 0 Å². The molecular formula is C19H10BrClO3. The normalized spacial score (nSPS) is 14.8. The number of ether oxygens (including phenoxy) is 1. The van der Waals surface area contributed by atoms with E-state index in [1.54, 1.807) is 30.3 Å². The smallest absolute Gasteiger partial charge is 0.232 e. The van der Waals surface area contributed by atoms with Gasteiger partial charge in [0.25, 0.3) is 0 Å². The molecule has 24 heavy (non-hydrogen) atoms. The van der Waals surface area contributed by atoms with Crippen LogP contribution in [0, 0.1) is 0 Å². The molecule has 4 rings (SSSR count). The molecule has 1 aliphatic heterocycles. The summed E-state index contributed by atoms with van der Waals surface area (Å²) in [6, 6.07) is 16.4. The second-order valence-electron chi connectivity index (χ2n) is 5.29. The Morgan fingerprint density at radius 2 is 1.92 bits per heavy atom. The molecule has 0 aliphatic carbocycles. The molecule has 3 aromatic rings. The summed E-state index contributed by atoms with van der Waals surface area (Å²) in [4.78, 5) is 12.4. The van der Waals surface area contributed by atoms with Crippen LogP contribution in [0.15, 0.2) is 69.2 Å². The number of furan rings is 1. The predicted octanol–water partition coefficient (Wildman–Crippen LogP) is 5.98. The standard InChI is InChI=1S/C19H10BrClO3/c20-12-4-6-17-15(9-12)19(22)18(24-17)10-14-5-7-16(23-14)11-2-1-3-13(21)8-11/h1-10H/b18-10-. The minimum Gasteiger partial charge on any atom is -0.457 e. The maximum absolute atomic E-state index is 12.4. The van der Waals surface area contributed by atoms with Gasteiger partial charge in [0.1, 0.15) is 17.3 Å². The van der Waals surface area contributed by atoms with Crippen molar-refractivity contribution >= 4 is 39.4 Å². The largest absolute Gasteiger partial charge is 0.457 e. The van der Waals surface area contributed by atoms with E-state index in [0.717, 1.165) is 10.0 Å². The van der Waals surface area contributed by atoms with Gasteiger partial charge in [-0.3, -0.25) is 4.79 Å². The zero-order valence-electron chi connectivity index (χ0n) is 12.3. The van der Waals surface area contributed by atoms with Crippen molar-refractivity contribution in [1.29, 1.82) is 0 Å². The lowest BCUT2D eigenvalue weighted by Gasteiger charge is -1.98. The molecule has 5 heteroatoms. The first-order chi connectivity index (χ1) is 11.6. The van der Waals surface area contributed by atoms with E-state index in [1.165, 1.54) is 0 Å². The number of allylic oxidation sites excluding steroid dienone is 1. The molecule has 3 nitrogen and oxygen atoms in total. The van der Waals surface area contributed by atoms with Crippen molar-refractivity contribution in [3.8, 4) is 17.1 Å². The van der Waals surface area contributed by atoms with E-state index in [4.69, 9.17) is 20.8 Å². The average Bonchev–Trinajstić information content (AvgIpc) is 3.14. The first-order valence-corrected chi connectivity index (χ1v) is 8.37. The molecule has 0 spiro atoms. The molecule has 2 heterocycles. The lowest BCUT2D eigenvalue weighted by atomic mass is 10.1. The molecule has 2 aromatic carbocycles. The molecule has 1 aliphatic rings. The third-order valence-electron chi connectivity index (χ3n) is 3.64. The summed E-state index contributed by atoms with van der Waals surface area (Å²) in [7, 11) is 0. The Morgan fingerprint density at radius 1 is 1.04 bits per heavy atom. The van der Waals surface area contributed by atoms with E-state index in [9.17, 15) is 4.79 Å². The van der Waals surface area contributed by atoms with Crippen LogP contribution in [0.2, 0.25) is 5.02 Å². The summed E-state index contributed by atoms with van der Waals surface area (Å²) in [6.45, 7) is 0. The highest BCUT2D eigenvalue weighted by atomic mass is 79.9. The van der Waals surface area contributed by atoms with Crippen molar-refractivity contribution in [2.75, 3.05) is 0 Å². The SMILES string of the molecule is O=C1/C(=C/c2ccc(-c3cccc(Cl)c3)o2)Oc2ccc(Br)cc21. The number of carbonyl (C=O) groups excluding carboxylic acids is 1. The highest BCUT2D eigenvalue weighted by Gasteiger charge is 2.27. The number of Topliss-reactive ketones (excluding diaryl/α,β-unsaturated/α-hetero) is 1. The van der Waals surface area contributed by atoms with Gasteiger partial charge in [0, 0.05) is 21.1 Å². The number of fused-ring (bicyclic) bond motifs is 1. The lowest BCUT2D eigenvalue weighted by Crippen LogP contribution is -1.97. The van der Waals surface area contributed by atoms with Gasteiger partial charge in [0.2, 0.25) is 5.78 Å². The van der Waals surface area contributed by atoms with Crippen molar-refractivity contribution in [2.24, 2.45) is 0 Å². The zero-order chi connectivity index (χ0) is 16.7. The summed E-state index contributed by atoms with van der Waals surface area (Å²) in [5.41, 5.74) is 1.41. The second kappa shape index (κ2) is 5.96. The summed E-state index contributed by atoms with van der Waals surface area (Å²) in [5.74, 6) is 1.86. The first-order valence-electron chi connectivity index (χ1n) is 7.20. The van der Waals surface area contributed by atoms with E-state index >= 15 is 0 Å². The molecule has 118 valence electrons. The average molecular weight is 402 g/mol. The van der Waals surface area contributed by atoms with Crippen LogP contribution in [0.5, 0.6) is 5.75 Å². The van der Waals surface area contributed by atoms with Gasteiger partial charge in [0.15, 0.2) is 5.76 Å². The number of benzene rings is 2. The van der Waals surface area contributed by atoms with Gasteiger partial charge in [-0.25, -0.2) is 0 Å². The summed E-state index contributed by atoms with van der Waals surface area (Å²) >= 11 is 9.36. The molecule has 0 saturated heterocycles. The molecular weight excluding hydrogens is 392 g/mol. The van der Waals surface area contributed by atoms with Crippen molar-refractivity contribution < 1.29 is 13.9 Å². The zero-order valence-corrected chi connectivity index (χ0v) is 14.6. The summed E-state index contributed by atoms with van der Waals surface area (Å²) < 4.78 is 12.2. The fourth-order valence-corrected chi connectivity index (χ4v) is 3.07. The van der Waals surface area contributed by atoms with Crippen molar-refractivity contribution in [3.63, 3.8) is 0 Å². The fraction of sp³-hybridized carbons (Fsp3) is 0. The number of carbonyl (C=O) groups is 1. The summed E-state index contributed by atoms with van der Waals surface area (Å²) in [5, 5.41) is 0.638. The van der Waals surface area contributed by atoms with Gasteiger partial charge < -0.3 is 9.15 Å². The third-order valence-corrected chi connectivity index (χ3v) is 4.37. The monoisotopic (exact) mass is 400 g/mol. The number of halogens is 2. The molecule has 0 fully saturated rings. The van der Waals surface area contributed by atoms with E-state index in [2.05, 4.69) is 15.9 Å². The molecule has 0 saturated carbocycles. The molecule has 1 aromatic heterocycles. The van der Waals surface area contributed by atoms with Gasteiger partial charge in [-0.2, -0.15) is 0 Å². The maximum atomic E-state index is 12.4. The van der Waals surface area contributed by atoms with Gasteiger partial charge in [-0.05, 0) is 42.5 Å². The van der Waals surface area contributed by atoms with Crippen molar-refractivity contribution in [1.82, 2.24) is 0 Å². The third kappa shape index (κ3) is 2.79. The van der Waals surface area contributed by atoms with E-state index in [1.807, 2.05) is 30.3 Å². The van der Waals surface area contributed by atoms with Crippen LogP contribution in [0.25, 0.3) is 17.4 Å². The molecule has 0 N–H and O–H groups in total. The van der Waals surface area contributed by atoms with Crippen LogP contribution in [0.1, 0.15) is 16.1 Å². The highest BCUT2D eigenvalue weighted by Crippen LogP contribution is 2.34. The Hall–Kier alpha value is -2.30. The topological polar surface area (TPSA) is 39.4 Å². The van der Waals surface area contributed by atoms with Crippen LogP contribution in [0.3, 0.4) is 0 Å². The number of ketones is 1. The summed E-state index contributed by atoms with van der Waals surface area (Å²) in [6.07, 6.45) is 1.60. The van der Waals surface area contributed by atoms with E-state index in [-0.39, 0.29) is 11.5 Å². The van der Waals surface area contributed by atoms with Crippen LogP contribution >= 0.6 is 27.5 Å². The lowest BCUT2D eigenvalue weighted by molar-refractivity contribution is 0.101. The molecule has 0 bridgehead atoms. The van der Waals surface area contributed by atoms with Gasteiger partial charge >= 0.3 is 0 Å². The van der Waals surface area contributed by atoms with Gasteiger partial charge in [0.05, 0.1) is 5.56 Å². The molecule has 0 radical (unpaired) electrons. The Labute approximate surface area is 151 Å². The van der Waals surface area contributed by atoms with Crippen LogP contribution in [0.4, 0.5) is 0 Å². The minimum absolute atomic E-state index is 0.160. The Bertz CT molecular complexity index is 988. The van der Waals surface area contributed by atoms with Crippen molar-refractivity contribution in [3.05, 3.63) is 81.2 Å². The second-order valence-corrected chi connectivity index (χ2v) is 6.64. The predicted molar refractivity (Wildman–Crippen MR) is 96.2 cm³/mol. The van der Waals surface area contributed by atoms with Crippen LogP contribution < -0.4 is 4.74 Å². The Morgan fingerprint density at radius 3 is 2.75 bits per heavy atom. The van der Waals surface area contributed by atoms with Crippen molar-refractivity contribution in [2.45, 2.75) is 0 Å². The molecule has 0 amide bonds. The van der Waals surface area contributed by atoms with Gasteiger partial charge in [-0.15, -0.1) is 0 Å². The molecule has 0 unspecified atom stereocenters. The van der Waals surface area contributed by atoms with Crippen LogP contribution in [-0.4, -0.2) is 5.78 Å². The first kappa shape index (κ1) is 15.2. The van der Waals surface area contributed by atoms with E-state index < -0.39 is 0 Å². The van der Waals surface area contributed by atoms with E-state index in [0.29, 0.717) is 27.9 Å². The quantitative estimate of drug-likeness (QED) is 0.496. The number of hydrogen-bond acceptors (Lipinski definition) is 3. The molecule has 0 atom stereocenters. The number of rotatable bonds is 2. The Kier molecular flexibility index (Phi) is 3.79. The minimum atomic E-state index is -0.160. The van der Waals surface area contributed by atoms with Gasteiger partial charge in [-0.1, -0.05) is 39.7 Å². The number of hydrogen-bond donors (Lipinski definition) is 0. The highest BCUT2D eigenvalue weighted by molar-refractivity contribution is 9.10.